The van der Waals surface area contributed by atoms with Gasteiger partial charge in [-0.25, -0.2) is 0 Å². The average Bonchev–Trinajstić information content (AvgIpc) is 3.01. The van der Waals surface area contributed by atoms with Gasteiger partial charge in [0.25, 0.3) is 5.91 Å². The summed E-state index contributed by atoms with van der Waals surface area (Å²) in [7, 11) is 0. The van der Waals surface area contributed by atoms with Crippen molar-refractivity contribution in [1.82, 2.24) is 10.6 Å². The molecule has 0 spiro atoms. The largest absolute Gasteiger partial charge is 0.350 e. The molecular formula is C16H23N3O2. The number of amides is 2. The van der Waals surface area contributed by atoms with Gasteiger partial charge in [0.2, 0.25) is 5.91 Å². The van der Waals surface area contributed by atoms with Crippen molar-refractivity contribution < 1.29 is 9.59 Å². The van der Waals surface area contributed by atoms with Gasteiger partial charge in [0, 0.05) is 6.04 Å². The predicted octanol–water partition coefficient (Wildman–Crippen LogP) is 1.91. The number of nitrogens with one attached hydrogen (secondary N) is 3. The van der Waals surface area contributed by atoms with E-state index in [9.17, 15) is 9.59 Å². The summed E-state index contributed by atoms with van der Waals surface area (Å²) in [5, 5.41) is 8.94. The molecule has 0 radical (unpaired) electrons. The number of hydrogen-bond acceptors (Lipinski definition) is 3. The van der Waals surface area contributed by atoms with Gasteiger partial charge >= 0.3 is 0 Å². The Morgan fingerprint density at radius 2 is 2.14 bits per heavy atom. The standard InChI is InChI=1S/C16H23N3O2/c1-3-11(2)18-15(20)12-7-4-5-8-13(12)19-16(21)14-9-6-10-17-14/h4-5,7-8,11,14,17H,3,6,9-10H2,1-2H3,(H,18,20)(H,19,21). The van der Waals surface area contributed by atoms with E-state index in [4.69, 9.17) is 0 Å². The molecule has 5 heteroatoms. The van der Waals surface area contributed by atoms with Crippen LogP contribution in [0, 0.1) is 0 Å². The number of benzene rings is 1. The van der Waals surface area contributed by atoms with Crippen LogP contribution in [0.2, 0.25) is 0 Å². The molecule has 2 atom stereocenters. The molecule has 0 aliphatic carbocycles. The maximum Gasteiger partial charge on any atom is 0.253 e. The Balaban J connectivity index is 2.09. The summed E-state index contributed by atoms with van der Waals surface area (Å²) in [6, 6.07) is 7.06. The van der Waals surface area contributed by atoms with Crippen LogP contribution >= 0.6 is 0 Å². The van der Waals surface area contributed by atoms with Crippen molar-refractivity contribution in [3.8, 4) is 0 Å². The highest BCUT2D eigenvalue weighted by molar-refractivity contribution is 6.04. The van der Waals surface area contributed by atoms with Crippen LogP contribution in [0.1, 0.15) is 43.5 Å². The molecule has 3 N–H and O–H groups in total. The van der Waals surface area contributed by atoms with Crippen LogP contribution in [0.15, 0.2) is 24.3 Å². The van der Waals surface area contributed by atoms with Gasteiger partial charge in [-0.05, 0) is 44.9 Å². The lowest BCUT2D eigenvalue weighted by molar-refractivity contribution is -0.117. The number of carbonyl (C=O) groups is 2. The summed E-state index contributed by atoms with van der Waals surface area (Å²) < 4.78 is 0. The third-order valence-electron chi connectivity index (χ3n) is 3.80. The SMILES string of the molecule is CCC(C)NC(=O)c1ccccc1NC(=O)C1CCCN1. The molecule has 0 saturated carbocycles. The molecule has 2 amide bonds. The van der Waals surface area contributed by atoms with Crippen LogP contribution in [-0.4, -0.2) is 30.4 Å². The van der Waals surface area contributed by atoms with Crippen molar-refractivity contribution in [3.63, 3.8) is 0 Å². The zero-order valence-electron chi connectivity index (χ0n) is 12.6. The van der Waals surface area contributed by atoms with E-state index in [2.05, 4.69) is 16.0 Å². The minimum absolute atomic E-state index is 0.0729. The molecule has 2 unspecified atom stereocenters. The topological polar surface area (TPSA) is 70.2 Å². The lowest BCUT2D eigenvalue weighted by Crippen LogP contribution is -2.37. The van der Waals surface area contributed by atoms with Crippen LogP contribution in [0.3, 0.4) is 0 Å². The van der Waals surface area contributed by atoms with Crippen molar-refractivity contribution in [2.24, 2.45) is 0 Å². The van der Waals surface area contributed by atoms with Crippen molar-refractivity contribution >= 4 is 17.5 Å². The molecule has 114 valence electrons. The van der Waals surface area contributed by atoms with E-state index in [1.807, 2.05) is 19.9 Å². The van der Waals surface area contributed by atoms with E-state index in [1.165, 1.54) is 0 Å². The smallest absolute Gasteiger partial charge is 0.253 e. The maximum absolute atomic E-state index is 12.3. The summed E-state index contributed by atoms with van der Waals surface area (Å²) in [5.74, 6) is -0.226. The highest BCUT2D eigenvalue weighted by Gasteiger charge is 2.23. The fourth-order valence-corrected chi connectivity index (χ4v) is 2.32. The highest BCUT2D eigenvalue weighted by atomic mass is 16.2. The Hall–Kier alpha value is -1.88. The number of hydrogen-bond donors (Lipinski definition) is 3. The Labute approximate surface area is 125 Å². The highest BCUT2D eigenvalue weighted by Crippen LogP contribution is 2.17. The first-order chi connectivity index (χ1) is 10.1. The van der Waals surface area contributed by atoms with Crippen LogP contribution in [0.5, 0.6) is 0 Å². The lowest BCUT2D eigenvalue weighted by Gasteiger charge is -2.16. The molecule has 1 aliphatic heterocycles. The van der Waals surface area contributed by atoms with Crippen LogP contribution in [-0.2, 0) is 4.79 Å². The Bertz CT molecular complexity index is 510. The monoisotopic (exact) mass is 289 g/mol. The van der Waals surface area contributed by atoms with Crippen molar-refractivity contribution in [3.05, 3.63) is 29.8 Å². The summed E-state index contributed by atoms with van der Waals surface area (Å²) in [5.41, 5.74) is 1.07. The molecule has 1 fully saturated rings. The molecule has 1 aromatic carbocycles. The van der Waals surface area contributed by atoms with E-state index in [0.717, 1.165) is 25.8 Å². The predicted molar refractivity (Wildman–Crippen MR) is 83.3 cm³/mol. The fraction of sp³-hybridized carbons (Fsp3) is 0.500. The molecule has 21 heavy (non-hydrogen) atoms. The second-order valence-corrected chi connectivity index (χ2v) is 5.47. The van der Waals surface area contributed by atoms with E-state index >= 15 is 0 Å². The molecule has 0 bridgehead atoms. The van der Waals surface area contributed by atoms with Crippen molar-refractivity contribution in [2.75, 3.05) is 11.9 Å². The van der Waals surface area contributed by atoms with Crippen LogP contribution in [0.4, 0.5) is 5.69 Å². The minimum atomic E-state index is -0.157. The third-order valence-corrected chi connectivity index (χ3v) is 3.80. The quantitative estimate of drug-likeness (QED) is 0.775. The number of para-hydroxylation sites is 1. The summed E-state index contributed by atoms with van der Waals surface area (Å²) in [4.78, 5) is 24.4. The Kier molecular flexibility index (Phi) is 5.33. The van der Waals surface area contributed by atoms with Crippen LogP contribution in [0.25, 0.3) is 0 Å². The number of anilines is 1. The second kappa shape index (κ2) is 7.22. The van der Waals surface area contributed by atoms with Gasteiger partial charge in [-0.1, -0.05) is 19.1 Å². The summed E-state index contributed by atoms with van der Waals surface area (Å²) in [6.45, 7) is 4.85. The minimum Gasteiger partial charge on any atom is -0.350 e. The maximum atomic E-state index is 12.3. The normalized spacial score (nSPS) is 19.0. The zero-order valence-corrected chi connectivity index (χ0v) is 12.6. The lowest BCUT2D eigenvalue weighted by atomic mass is 10.1. The molecule has 1 saturated heterocycles. The first kappa shape index (κ1) is 15.5. The zero-order chi connectivity index (χ0) is 15.2. The van der Waals surface area contributed by atoms with Crippen molar-refractivity contribution in [2.45, 2.75) is 45.2 Å². The van der Waals surface area contributed by atoms with E-state index in [0.29, 0.717) is 11.3 Å². The third kappa shape index (κ3) is 4.04. The Morgan fingerprint density at radius 1 is 1.38 bits per heavy atom. The van der Waals surface area contributed by atoms with Gasteiger partial charge < -0.3 is 16.0 Å². The van der Waals surface area contributed by atoms with Gasteiger partial charge in [-0.15, -0.1) is 0 Å². The van der Waals surface area contributed by atoms with E-state index in [1.54, 1.807) is 18.2 Å². The first-order valence-corrected chi connectivity index (χ1v) is 7.56. The molecular weight excluding hydrogens is 266 g/mol. The van der Waals surface area contributed by atoms with Crippen LogP contribution < -0.4 is 16.0 Å². The van der Waals surface area contributed by atoms with Gasteiger partial charge in [0.15, 0.2) is 0 Å². The summed E-state index contributed by atoms with van der Waals surface area (Å²) in [6.07, 6.45) is 2.72. The second-order valence-electron chi connectivity index (χ2n) is 5.47. The van der Waals surface area contributed by atoms with Gasteiger partial charge in [-0.3, -0.25) is 9.59 Å². The molecule has 2 rings (SSSR count). The van der Waals surface area contributed by atoms with Gasteiger partial charge in [0.05, 0.1) is 17.3 Å². The number of rotatable bonds is 5. The number of carbonyl (C=O) groups excluding carboxylic acids is 2. The summed E-state index contributed by atoms with van der Waals surface area (Å²) >= 11 is 0. The molecule has 1 aliphatic rings. The molecule has 1 heterocycles. The fourth-order valence-electron chi connectivity index (χ4n) is 2.32. The van der Waals surface area contributed by atoms with Gasteiger partial charge in [-0.2, -0.15) is 0 Å². The average molecular weight is 289 g/mol. The molecule has 0 aromatic heterocycles. The Morgan fingerprint density at radius 3 is 2.81 bits per heavy atom. The first-order valence-electron chi connectivity index (χ1n) is 7.56. The molecule has 1 aromatic rings. The van der Waals surface area contributed by atoms with Gasteiger partial charge in [0.1, 0.15) is 0 Å². The van der Waals surface area contributed by atoms with E-state index in [-0.39, 0.29) is 23.9 Å². The molecule has 5 nitrogen and oxygen atoms in total. The van der Waals surface area contributed by atoms with E-state index < -0.39 is 0 Å². The van der Waals surface area contributed by atoms with Crippen molar-refractivity contribution in [1.29, 1.82) is 0 Å².